The Kier molecular flexibility index (Phi) is 3.16. The molecule has 1 atom stereocenters. The molecule has 7 heteroatoms. The number of nitrogens with zero attached hydrogens (tertiary/aromatic N) is 1. The second kappa shape index (κ2) is 4.73. The summed E-state index contributed by atoms with van der Waals surface area (Å²) < 4.78 is 6.14. The number of aromatic nitrogens is 2. The number of fused-ring (bicyclic) bond motifs is 1. The first-order valence-corrected chi connectivity index (χ1v) is 7.34. The number of alkyl halides is 1. The summed E-state index contributed by atoms with van der Waals surface area (Å²) in [5.41, 5.74) is -1.05. The van der Waals surface area contributed by atoms with Gasteiger partial charge < -0.3 is 4.42 Å². The fourth-order valence-corrected chi connectivity index (χ4v) is 2.61. The highest BCUT2D eigenvalue weighted by atomic mass is 79.9. The smallest absolute Gasteiger partial charge is 0.337 e. The number of hydrogen-bond donors (Lipinski definition) is 1. The molecule has 6 nitrogen and oxygen atoms in total. The van der Waals surface area contributed by atoms with E-state index in [0.717, 1.165) is 12.8 Å². The van der Waals surface area contributed by atoms with Crippen LogP contribution in [0.15, 0.2) is 24.9 Å². The summed E-state index contributed by atoms with van der Waals surface area (Å²) in [4.78, 5) is 38.2. The minimum atomic E-state index is -0.589. The van der Waals surface area contributed by atoms with Crippen LogP contribution in [-0.2, 0) is 6.54 Å². The van der Waals surface area contributed by atoms with E-state index >= 15 is 0 Å². The van der Waals surface area contributed by atoms with Crippen LogP contribution in [0, 0.1) is 5.92 Å². The summed E-state index contributed by atoms with van der Waals surface area (Å²) in [5, 5.41) is 0.259. The van der Waals surface area contributed by atoms with Crippen molar-refractivity contribution < 1.29 is 4.42 Å². The molecule has 1 N–H and O–H groups in total. The Balaban J connectivity index is 2.37. The van der Waals surface area contributed by atoms with Crippen molar-refractivity contribution in [1.82, 2.24) is 9.55 Å². The van der Waals surface area contributed by atoms with Crippen molar-refractivity contribution in [2.24, 2.45) is 5.92 Å². The number of aromatic amines is 1. The zero-order valence-corrected chi connectivity index (χ0v) is 12.4. The highest BCUT2D eigenvalue weighted by Crippen LogP contribution is 2.30. The van der Waals surface area contributed by atoms with Crippen LogP contribution in [0.1, 0.15) is 30.2 Å². The molecule has 2 aromatic heterocycles. The van der Waals surface area contributed by atoms with Crippen molar-refractivity contribution in [1.29, 1.82) is 0 Å². The largest absolute Gasteiger partial charge is 0.405 e. The molecule has 2 heterocycles. The normalized spacial score (nSPS) is 16.5. The van der Waals surface area contributed by atoms with Gasteiger partial charge in [0.1, 0.15) is 5.39 Å². The van der Waals surface area contributed by atoms with Crippen molar-refractivity contribution in [3.05, 3.63) is 42.9 Å². The molecular weight excluding hydrogens is 328 g/mol. The van der Waals surface area contributed by atoms with Gasteiger partial charge in [0.2, 0.25) is 5.71 Å². The molecule has 0 aliphatic heterocycles. The van der Waals surface area contributed by atoms with Gasteiger partial charge in [0.15, 0.2) is 0 Å². The Morgan fingerprint density at radius 3 is 2.75 bits per heavy atom. The lowest BCUT2D eigenvalue weighted by molar-refractivity contribution is 0.528. The van der Waals surface area contributed by atoms with Gasteiger partial charge in [0.05, 0.1) is 0 Å². The van der Waals surface area contributed by atoms with Gasteiger partial charge in [-0.25, -0.2) is 9.59 Å². The van der Waals surface area contributed by atoms with E-state index in [1.54, 1.807) is 0 Å². The predicted octanol–water partition coefficient (Wildman–Crippen LogP) is 1.51. The number of nitrogens with one attached hydrogen (secondary N) is 1. The molecule has 20 heavy (non-hydrogen) atoms. The maximum Gasteiger partial charge on any atom is 0.337 e. The predicted molar refractivity (Wildman–Crippen MR) is 77.4 cm³/mol. The fraction of sp³-hybridized carbons (Fsp3) is 0.462. The lowest BCUT2D eigenvalue weighted by Crippen LogP contribution is -2.36. The third kappa shape index (κ3) is 2.26. The highest BCUT2D eigenvalue weighted by molar-refractivity contribution is 9.09. The second-order valence-corrected chi connectivity index (χ2v) is 6.50. The van der Waals surface area contributed by atoms with Gasteiger partial charge in [-0.3, -0.25) is 14.3 Å². The first kappa shape index (κ1) is 13.4. The quantitative estimate of drug-likeness (QED) is 0.858. The molecular formula is C13H13BrN2O4. The standard InChI is InChI=1S/C13H13BrN2O4/c1-6(14)8-4-9(17)20-11-10(8)12(18)16(13(19)15-11)5-7-2-3-7/h4,6-7H,2-3,5H2,1H3,(H,15,19). The minimum Gasteiger partial charge on any atom is -0.405 e. The van der Waals surface area contributed by atoms with E-state index in [4.69, 9.17) is 4.42 Å². The monoisotopic (exact) mass is 340 g/mol. The second-order valence-electron chi connectivity index (χ2n) is 5.13. The van der Waals surface area contributed by atoms with Crippen LogP contribution in [0.2, 0.25) is 0 Å². The average molecular weight is 341 g/mol. The zero-order valence-electron chi connectivity index (χ0n) is 10.8. The molecule has 1 saturated carbocycles. The Bertz CT molecular complexity index is 842. The number of hydrogen-bond acceptors (Lipinski definition) is 4. The molecule has 2 aromatic rings. The van der Waals surface area contributed by atoms with Crippen molar-refractivity contribution in [3.63, 3.8) is 0 Å². The molecule has 1 fully saturated rings. The number of H-pyrrole nitrogens is 1. The lowest BCUT2D eigenvalue weighted by Gasteiger charge is -2.09. The third-order valence-corrected chi connectivity index (χ3v) is 3.98. The van der Waals surface area contributed by atoms with E-state index in [1.165, 1.54) is 10.6 Å². The van der Waals surface area contributed by atoms with Gasteiger partial charge >= 0.3 is 11.3 Å². The first-order chi connectivity index (χ1) is 9.47. The van der Waals surface area contributed by atoms with Gasteiger partial charge in [-0.2, -0.15) is 0 Å². The summed E-state index contributed by atoms with van der Waals surface area (Å²) in [6.07, 6.45) is 2.07. The first-order valence-electron chi connectivity index (χ1n) is 6.42. The zero-order chi connectivity index (χ0) is 14.4. The van der Waals surface area contributed by atoms with Crippen molar-refractivity contribution in [2.45, 2.75) is 31.1 Å². The maximum absolute atomic E-state index is 12.5. The maximum atomic E-state index is 12.5. The van der Waals surface area contributed by atoms with Gasteiger partial charge in [-0.05, 0) is 31.2 Å². The van der Waals surface area contributed by atoms with E-state index in [-0.39, 0.29) is 15.9 Å². The van der Waals surface area contributed by atoms with Crippen molar-refractivity contribution in [2.75, 3.05) is 0 Å². The summed E-state index contributed by atoms with van der Waals surface area (Å²) >= 11 is 3.36. The van der Waals surface area contributed by atoms with Crippen LogP contribution in [0.25, 0.3) is 11.1 Å². The van der Waals surface area contributed by atoms with Crippen LogP contribution in [0.3, 0.4) is 0 Å². The molecule has 0 radical (unpaired) electrons. The fourth-order valence-electron chi connectivity index (χ4n) is 2.25. The van der Waals surface area contributed by atoms with Crippen LogP contribution in [-0.4, -0.2) is 9.55 Å². The van der Waals surface area contributed by atoms with Gasteiger partial charge in [0.25, 0.3) is 5.56 Å². The minimum absolute atomic E-state index is 0.0548. The van der Waals surface area contributed by atoms with E-state index in [0.29, 0.717) is 18.0 Å². The van der Waals surface area contributed by atoms with Crippen LogP contribution in [0.4, 0.5) is 0 Å². The van der Waals surface area contributed by atoms with Crippen molar-refractivity contribution >= 4 is 27.0 Å². The summed E-state index contributed by atoms with van der Waals surface area (Å²) in [5.74, 6) is 0.395. The molecule has 0 saturated heterocycles. The molecule has 1 aliphatic rings. The van der Waals surface area contributed by atoms with E-state index in [9.17, 15) is 14.4 Å². The number of halogens is 1. The van der Waals surface area contributed by atoms with E-state index < -0.39 is 16.9 Å². The third-order valence-electron chi connectivity index (χ3n) is 3.48. The topological polar surface area (TPSA) is 85.1 Å². The molecule has 0 bridgehead atoms. The Hall–Kier alpha value is -1.63. The molecule has 0 spiro atoms. The van der Waals surface area contributed by atoms with Gasteiger partial charge in [0, 0.05) is 17.4 Å². The van der Waals surface area contributed by atoms with Crippen LogP contribution in [0.5, 0.6) is 0 Å². The van der Waals surface area contributed by atoms with Crippen LogP contribution >= 0.6 is 15.9 Å². The van der Waals surface area contributed by atoms with Crippen molar-refractivity contribution in [3.8, 4) is 0 Å². The van der Waals surface area contributed by atoms with Gasteiger partial charge in [-0.15, -0.1) is 0 Å². The molecule has 1 aliphatic carbocycles. The van der Waals surface area contributed by atoms with Crippen LogP contribution < -0.4 is 16.9 Å². The Labute approximate surface area is 121 Å². The summed E-state index contributed by atoms with van der Waals surface area (Å²) in [6, 6.07) is 1.28. The Morgan fingerprint density at radius 2 is 2.15 bits per heavy atom. The van der Waals surface area contributed by atoms with E-state index in [1.807, 2.05) is 6.92 Å². The average Bonchev–Trinajstić information content (AvgIpc) is 3.16. The van der Waals surface area contributed by atoms with Gasteiger partial charge in [-0.1, -0.05) is 15.9 Å². The van der Waals surface area contributed by atoms with E-state index in [2.05, 4.69) is 20.9 Å². The number of rotatable bonds is 3. The molecule has 1 unspecified atom stereocenters. The summed E-state index contributed by atoms with van der Waals surface area (Å²) in [6.45, 7) is 2.23. The molecule has 0 amide bonds. The SMILES string of the molecule is CC(Br)c1cc(=O)oc2[nH]c(=O)n(CC3CC3)c(=O)c12. The molecule has 3 rings (SSSR count). The molecule has 0 aromatic carbocycles. The molecule has 106 valence electrons. The Morgan fingerprint density at radius 1 is 1.45 bits per heavy atom. The highest BCUT2D eigenvalue weighted by Gasteiger charge is 2.25. The summed E-state index contributed by atoms with van der Waals surface area (Å²) in [7, 11) is 0. The lowest BCUT2D eigenvalue weighted by atomic mass is 10.1.